The van der Waals surface area contributed by atoms with E-state index in [2.05, 4.69) is 26.0 Å². The fraction of sp³-hybridized carbons (Fsp3) is 0.714. The Morgan fingerprint density at radius 2 is 1.41 bits per heavy atom. The van der Waals surface area contributed by atoms with Crippen LogP contribution in [0.1, 0.15) is 39.5 Å². The van der Waals surface area contributed by atoms with Gasteiger partial charge in [0.1, 0.15) is 23.7 Å². The molecule has 3 heteroatoms. The van der Waals surface area contributed by atoms with E-state index in [9.17, 15) is 0 Å². The van der Waals surface area contributed by atoms with Crippen molar-refractivity contribution in [3.8, 4) is 0 Å². The van der Waals surface area contributed by atoms with E-state index in [1.807, 2.05) is 0 Å². The lowest BCUT2D eigenvalue weighted by atomic mass is 10.2. The first-order valence-electron chi connectivity index (χ1n) is 6.66. The van der Waals surface area contributed by atoms with E-state index in [1.165, 1.54) is 0 Å². The van der Waals surface area contributed by atoms with Gasteiger partial charge in [0, 0.05) is 0 Å². The molecule has 2 rings (SSSR count). The van der Waals surface area contributed by atoms with Gasteiger partial charge in [-0.3, -0.25) is 0 Å². The third-order valence-electron chi connectivity index (χ3n) is 2.81. The molecule has 2 unspecified atom stereocenters. The highest BCUT2D eigenvalue weighted by Crippen LogP contribution is 2.29. The third kappa shape index (κ3) is 4.17. The van der Waals surface area contributed by atoms with E-state index in [4.69, 9.17) is 14.2 Å². The van der Waals surface area contributed by atoms with Gasteiger partial charge in [0.2, 0.25) is 0 Å². The smallest absolute Gasteiger partial charge is 0.138 e. The molecular formula is C14H22O3. The Morgan fingerprint density at radius 3 is 1.71 bits per heavy atom. The molecule has 2 heterocycles. The summed E-state index contributed by atoms with van der Waals surface area (Å²) in [6, 6.07) is 0. The second-order valence-corrected chi connectivity index (χ2v) is 4.54. The fourth-order valence-corrected chi connectivity index (χ4v) is 1.61. The van der Waals surface area contributed by atoms with Crippen molar-refractivity contribution in [2.45, 2.75) is 51.7 Å². The van der Waals surface area contributed by atoms with Gasteiger partial charge in [0.05, 0.1) is 13.2 Å². The van der Waals surface area contributed by atoms with Crippen LogP contribution in [-0.2, 0) is 14.2 Å². The van der Waals surface area contributed by atoms with Crippen molar-refractivity contribution in [3.05, 3.63) is 23.7 Å². The fourth-order valence-electron chi connectivity index (χ4n) is 1.61. The molecule has 0 aromatic rings. The van der Waals surface area contributed by atoms with Gasteiger partial charge in [0.15, 0.2) is 0 Å². The lowest BCUT2D eigenvalue weighted by Crippen LogP contribution is -2.04. The lowest BCUT2D eigenvalue weighted by molar-refractivity contribution is 0.230. The van der Waals surface area contributed by atoms with Gasteiger partial charge in [-0.15, -0.1) is 0 Å². The van der Waals surface area contributed by atoms with Gasteiger partial charge in [-0.25, -0.2) is 0 Å². The highest BCUT2D eigenvalue weighted by atomic mass is 16.6. The zero-order valence-electron chi connectivity index (χ0n) is 10.8. The monoisotopic (exact) mass is 238 g/mol. The normalized spacial score (nSPS) is 28.1. The Labute approximate surface area is 103 Å². The molecule has 2 atom stereocenters. The average Bonchev–Trinajstić information content (AvgIpc) is 3.18. The maximum Gasteiger partial charge on any atom is 0.138 e. The second kappa shape index (κ2) is 6.22. The van der Waals surface area contributed by atoms with Crippen LogP contribution in [0.25, 0.3) is 0 Å². The molecule has 0 spiro atoms. The van der Waals surface area contributed by atoms with Crippen molar-refractivity contribution in [3.63, 3.8) is 0 Å². The van der Waals surface area contributed by atoms with Gasteiger partial charge < -0.3 is 14.2 Å². The molecular weight excluding hydrogens is 216 g/mol. The van der Waals surface area contributed by atoms with Crippen LogP contribution in [0.5, 0.6) is 0 Å². The summed E-state index contributed by atoms with van der Waals surface area (Å²) in [6.45, 7) is 5.92. The van der Waals surface area contributed by atoms with Crippen LogP contribution >= 0.6 is 0 Å². The van der Waals surface area contributed by atoms with Crippen molar-refractivity contribution < 1.29 is 14.2 Å². The number of ether oxygens (including phenoxy) is 3. The summed E-state index contributed by atoms with van der Waals surface area (Å²) < 4.78 is 16.6. The Morgan fingerprint density at radius 1 is 1.00 bits per heavy atom. The molecule has 0 aromatic carbocycles. The van der Waals surface area contributed by atoms with Gasteiger partial charge >= 0.3 is 0 Å². The molecule has 0 aliphatic carbocycles. The molecule has 0 radical (unpaired) electrons. The maximum atomic E-state index is 5.97. The molecule has 2 aliphatic rings. The van der Waals surface area contributed by atoms with Crippen molar-refractivity contribution in [1.29, 1.82) is 0 Å². The largest absolute Gasteiger partial charge is 0.461 e. The first-order chi connectivity index (χ1) is 8.35. The minimum Gasteiger partial charge on any atom is -0.461 e. The number of allylic oxidation sites excluding steroid dienone is 2. The first kappa shape index (κ1) is 12.7. The van der Waals surface area contributed by atoms with E-state index < -0.39 is 0 Å². The van der Waals surface area contributed by atoms with E-state index >= 15 is 0 Å². The molecule has 96 valence electrons. The van der Waals surface area contributed by atoms with Gasteiger partial charge in [-0.05, 0) is 25.0 Å². The lowest BCUT2D eigenvalue weighted by Gasteiger charge is -2.10. The van der Waals surface area contributed by atoms with Crippen LogP contribution < -0.4 is 0 Å². The highest BCUT2D eigenvalue weighted by Gasteiger charge is 2.34. The third-order valence-corrected chi connectivity index (χ3v) is 2.81. The predicted octanol–water partition coefficient (Wildman–Crippen LogP) is 3.17. The van der Waals surface area contributed by atoms with Crippen molar-refractivity contribution >= 4 is 0 Å². The molecule has 0 aromatic heterocycles. The zero-order valence-corrected chi connectivity index (χ0v) is 10.8. The molecule has 2 aliphatic heterocycles. The van der Waals surface area contributed by atoms with Crippen molar-refractivity contribution in [2.24, 2.45) is 0 Å². The molecule has 0 N–H and O–H groups in total. The molecule has 2 saturated heterocycles. The number of rotatable bonds is 8. The maximum absolute atomic E-state index is 5.97. The van der Waals surface area contributed by atoms with Gasteiger partial charge in [-0.2, -0.15) is 0 Å². The summed E-state index contributed by atoms with van der Waals surface area (Å²) in [5, 5.41) is 0. The summed E-state index contributed by atoms with van der Waals surface area (Å²) in [6.07, 6.45) is 9.03. The standard InChI is InChI=1S/C14H22O3/c1-3-5-7-11(13-9-15-13)17-12(8-6-4-2)14-10-16-14/h7-8,13-14H,3-6,9-10H2,1-2H3. The molecule has 0 bridgehead atoms. The molecule has 2 fully saturated rings. The Kier molecular flexibility index (Phi) is 4.63. The minimum absolute atomic E-state index is 0.185. The number of unbranched alkanes of at least 4 members (excludes halogenated alkanes) is 2. The van der Waals surface area contributed by atoms with Crippen LogP contribution in [0.4, 0.5) is 0 Å². The second-order valence-electron chi connectivity index (χ2n) is 4.54. The molecule has 3 nitrogen and oxygen atoms in total. The van der Waals surface area contributed by atoms with E-state index in [-0.39, 0.29) is 12.2 Å². The summed E-state index contributed by atoms with van der Waals surface area (Å²) in [5.41, 5.74) is 0. The van der Waals surface area contributed by atoms with Crippen LogP contribution in [0.15, 0.2) is 23.7 Å². The SMILES string of the molecule is CCCC=C(OC(=CCCC)C1CO1)C1CO1. The molecule has 17 heavy (non-hydrogen) atoms. The summed E-state index contributed by atoms with van der Waals surface area (Å²) in [5.74, 6) is 1.95. The van der Waals surface area contributed by atoms with Crippen LogP contribution in [-0.4, -0.2) is 25.4 Å². The summed E-state index contributed by atoms with van der Waals surface area (Å²) in [7, 11) is 0. The average molecular weight is 238 g/mol. The Bertz CT molecular complexity index is 269. The van der Waals surface area contributed by atoms with Crippen LogP contribution in [0, 0.1) is 0 Å². The predicted molar refractivity (Wildman–Crippen MR) is 66.5 cm³/mol. The van der Waals surface area contributed by atoms with E-state index in [0.717, 1.165) is 50.4 Å². The topological polar surface area (TPSA) is 34.3 Å². The number of hydrogen-bond donors (Lipinski definition) is 0. The highest BCUT2D eigenvalue weighted by molar-refractivity contribution is 5.14. The van der Waals surface area contributed by atoms with Crippen molar-refractivity contribution in [2.75, 3.05) is 13.2 Å². The van der Waals surface area contributed by atoms with Crippen LogP contribution in [0.3, 0.4) is 0 Å². The summed E-state index contributed by atoms with van der Waals surface area (Å²) in [4.78, 5) is 0. The summed E-state index contributed by atoms with van der Waals surface area (Å²) >= 11 is 0. The van der Waals surface area contributed by atoms with Crippen LogP contribution in [0.2, 0.25) is 0 Å². The number of epoxide rings is 2. The zero-order chi connectivity index (χ0) is 12.1. The quantitative estimate of drug-likeness (QED) is 0.481. The Balaban J connectivity index is 1.94. The Hall–Kier alpha value is -0.800. The van der Waals surface area contributed by atoms with E-state index in [0.29, 0.717) is 0 Å². The van der Waals surface area contributed by atoms with Crippen molar-refractivity contribution in [1.82, 2.24) is 0 Å². The molecule has 0 saturated carbocycles. The minimum atomic E-state index is 0.185. The van der Waals surface area contributed by atoms with Gasteiger partial charge in [-0.1, -0.05) is 26.7 Å². The van der Waals surface area contributed by atoms with E-state index in [1.54, 1.807) is 0 Å². The first-order valence-corrected chi connectivity index (χ1v) is 6.66. The van der Waals surface area contributed by atoms with Gasteiger partial charge in [0.25, 0.3) is 0 Å². The molecule has 0 amide bonds. The number of hydrogen-bond acceptors (Lipinski definition) is 3.